The monoisotopic (exact) mass is 426 g/mol. The molecule has 9 heteroatoms. The van der Waals surface area contributed by atoms with Crippen LogP contribution >= 0.6 is 47.9 Å². The van der Waals surface area contributed by atoms with E-state index in [4.69, 9.17) is 0 Å². The van der Waals surface area contributed by atoms with Crippen molar-refractivity contribution in [2.45, 2.75) is 32.4 Å². The molecule has 3 rings (SSSR count). The van der Waals surface area contributed by atoms with Gasteiger partial charge in [0.1, 0.15) is 0 Å². The fourth-order valence-corrected chi connectivity index (χ4v) is 4.74. The SMILES string of the molecule is CCc1nc(CN2CCN(C(=O)CC3CSCCN3)CC2)cs1.Cl.Cl. The molecule has 0 radical (unpaired) electrons. The highest BCUT2D eigenvalue weighted by Crippen LogP contribution is 2.15. The van der Waals surface area contributed by atoms with Crippen LogP contribution in [0.25, 0.3) is 0 Å². The summed E-state index contributed by atoms with van der Waals surface area (Å²) in [6.07, 6.45) is 1.67. The van der Waals surface area contributed by atoms with Crippen LogP contribution in [0, 0.1) is 0 Å². The zero-order valence-electron chi connectivity index (χ0n) is 14.6. The summed E-state index contributed by atoms with van der Waals surface area (Å²) in [6.45, 7) is 7.71. The molecule has 1 aromatic rings. The quantitative estimate of drug-likeness (QED) is 0.782. The number of hydrogen-bond acceptors (Lipinski definition) is 6. The van der Waals surface area contributed by atoms with Gasteiger partial charge in [0.25, 0.3) is 0 Å². The van der Waals surface area contributed by atoms with Gasteiger partial charge in [0.15, 0.2) is 0 Å². The minimum atomic E-state index is 0. The number of thioether (sulfide) groups is 1. The minimum absolute atomic E-state index is 0. The molecule has 0 aromatic carbocycles. The van der Waals surface area contributed by atoms with Gasteiger partial charge in [-0.05, 0) is 6.42 Å². The normalized spacial score (nSPS) is 21.3. The van der Waals surface area contributed by atoms with Crippen LogP contribution in [0.4, 0.5) is 0 Å². The number of carbonyl (C=O) groups excluding carboxylic acids is 1. The number of rotatable bonds is 5. The Morgan fingerprint density at radius 1 is 1.32 bits per heavy atom. The summed E-state index contributed by atoms with van der Waals surface area (Å²) < 4.78 is 0. The number of thiazole rings is 1. The van der Waals surface area contributed by atoms with Gasteiger partial charge < -0.3 is 10.2 Å². The van der Waals surface area contributed by atoms with Crippen molar-refractivity contribution in [1.82, 2.24) is 20.1 Å². The number of amides is 1. The Kier molecular flexibility index (Phi) is 10.7. The lowest BCUT2D eigenvalue weighted by Gasteiger charge is -2.35. The van der Waals surface area contributed by atoms with Gasteiger partial charge in [0.2, 0.25) is 5.91 Å². The van der Waals surface area contributed by atoms with Crippen LogP contribution in [-0.4, -0.2) is 71.0 Å². The lowest BCUT2D eigenvalue weighted by Crippen LogP contribution is -2.50. The number of nitrogens with zero attached hydrogens (tertiary/aromatic N) is 3. The molecule has 0 spiro atoms. The maximum absolute atomic E-state index is 12.4. The topological polar surface area (TPSA) is 48.5 Å². The largest absolute Gasteiger partial charge is 0.340 e. The lowest BCUT2D eigenvalue weighted by molar-refractivity contribution is -0.133. The number of hydrogen-bond donors (Lipinski definition) is 1. The number of piperazine rings is 1. The smallest absolute Gasteiger partial charge is 0.224 e. The summed E-state index contributed by atoms with van der Waals surface area (Å²) in [5, 5.41) is 6.84. The summed E-state index contributed by atoms with van der Waals surface area (Å²) in [5.41, 5.74) is 1.18. The van der Waals surface area contributed by atoms with E-state index >= 15 is 0 Å². The summed E-state index contributed by atoms with van der Waals surface area (Å²) in [4.78, 5) is 21.5. The first-order chi connectivity index (χ1) is 11.2. The van der Waals surface area contributed by atoms with E-state index < -0.39 is 0 Å². The predicted octanol–water partition coefficient (Wildman–Crippen LogP) is 2.29. The molecule has 1 amide bonds. The van der Waals surface area contributed by atoms with Crippen molar-refractivity contribution in [2.75, 3.05) is 44.2 Å². The summed E-state index contributed by atoms with van der Waals surface area (Å²) in [6, 6.07) is 0.363. The molecule has 1 N–H and O–H groups in total. The molecular weight excluding hydrogens is 399 g/mol. The van der Waals surface area contributed by atoms with Crippen molar-refractivity contribution in [3.05, 3.63) is 16.1 Å². The molecule has 2 aliphatic rings. The molecule has 2 fully saturated rings. The van der Waals surface area contributed by atoms with Gasteiger partial charge in [-0.1, -0.05) is 6.92 Å². The Hall–Kier alpha value is -0.0500. The zero-order chi connectivity index (χ0) is 16.1. The standard InChI is InChI=1S/C16H26N4OS2.2ClH/c1-2-15-18-14(12-23-15)10-19-4-6-20(7-5-19)16(21)9-13-11-22-8-3-17-13;;/h12-13,17H,2-11H2,1H3;2*1H. The van der Waals surface area contributed by atoms with E-state index in [1.807, 2.05) is 16.7 Å². The Balaban J connectivity index is 0.00000156. The predicted molar refractivity (Wildman–Crippen MR) is 112 cm³/mol. The van der Waals surface area contributed by atoms with Gasteiger partial charge in [-0.3, -0.25) is 9.69 Å². The maximum Gasteiger partial charge on any atom is 0.224 e. The molecule has 1 unspecified atom stereocenters. The van der Waals surface area contributed by atoms with Crippen LogP contribution in [0.1, 0.15) is 24.0 Å². The Morgan fingerprint density at radius 2 is 2.08 bits per heavy atom. The number of nitrogens with one attached hydrogen (secondary N) is 1. The number of aromatic nitrogens is 1. The van der Waals surface area contributed by atoms with Crippen molar-refractivity contribution >= 4 is 53.8 Å². The summed E-state index contributed by atoms with van der Waals surface area (Å²) in [5.74, 6) is 2.54. The average molecular weight is 427 g/mol. The van der Waals surface area contributed by atoms with Crippen molar-refractivity contribution in [2.24, 2.45) is 0 Å². The second kappa shape index (κ2) is 11.6. The third-order valence-corrected chi connectivity index (χ3v) is 6.60. The molecule has 25 heavy (non-hydrogen) atoms. The Bertz CT molecular complexity index is 518. The van der Waals surface area contributed by atoms with E-state index in [0.29, 0.717) is 18.4 Å². The summed E-state index contributed by atoms with van der Waals surface area (Å²) in [7, 11) is 0. The van der Waals surface area contributed by atoms with Gasteiger partial charge in [0.05, 0.1) is 10.7 Å². The van der Waals surface area contributed by atoms with Crippen molar-refractivity contribution in [1.29, 1.82) is 0 Å². The second-order valence-electron chi connectivity index (χ2n) is 6.17. The van der Waals surface area contributed by atoms with Gasteiger partial charge in [0, 0.05) is 68.6 Å². The van der Waals surface area contributed by atoms with Crippen molar-refractivity contribution < 1.29 is 4.79 Å². The van der Waals surface area contributed by atoms with Crippen LogP contribution in [0.2, 0.25) is 0 Å². The van der Waals surface area contributed by atoms with Crippen LogP contribution in [0.15, 0.2) is 5.38 Å². The van der Waals surface area contributed by atoms with Crippen LogP contribution in [0.5, 0.6) is 0 Å². The molecule has 5 nitrogen and oxygen atoms in total. The van der Waals surface area contributed by atoms with E-state index in [1.54, 1.807) is 11.3 Å². The molecule has 144 valence electrons. The van der Waals surface area contributed by atoms with Gasteiger partial charge >= 0.3 is 0 Å². The number of halogens is 2. The fraction of sp³-hybridized carbons (Fsp3) is 0.750. The highest BCUT2D eigenvalue weighted by atomic mass is 35.5. The van der Waals surface area contributed by atoms with E-state index in [9.17, 15) is 4.79 Å². The van der Waals surface area contributed by atoms with E-state index in [2.05, 4.69) is 27.5 Å². The van der Waals surface area contributed by atoms with Gasteiger partial charge in [-0.2, -0.15) is 11.8 Å². The maximum atomic E-state index is 12.4. The van der Waals surface area contributed by atoms with Crippen LogP contribution in [0.3, 0.4) is 0 Å². The third-order valence-electron chi connectivity index (χ3n) is 4.43. The Morgan fingerprint density at radius 3 is 2.68 bits per heavy atom. The minimum Gasteiger partial charge on any atom is -0.340 e. The highest BCUT2D eigenvalue weighted by Gasteiger charge is 2.24. The molecular formula is C16H28Cl2N4OS2. The molecule has 2 aliphatic heterocycles. The van der Waals surface area contributed by atoms with E-state index in [1.165, 1.54) is 16.5 Å². The first-order valence-corrected chi connectivity index (χ1v) is 10.5. The molecule has 0 aliphatic carbocycles. The molecule has 0 saturated carbocycles. The first kappa shape index (κ1) is 23.0. The van der Waals surface area contributed by atoms with Gasteiger partial charge in [-0.25, -0.2) is 4.98 Å². The highest BCUT2D eigenvalue weighted by molar-refractivity contribution is 7.99. The number of carbonyl (C=O) groups is 1. The number of aryl methyl sites for hydroxylation is 1. The molecule has 3 heterocycles. The second-order valence-corrected chi connectivity index (χ2v) is 8.27. The van der Waals surface area contributed by atoms with Crippen LogP contribution in [-0.2, 0) is 17.8 Å². The van der Waals surface area contributed by atoms with E-state index in [0.717, 1.165) is 51.4 Å². The van der Waals surface area contributed by atoms with Crippen molar-refractivity contribution in [3.63, 3.8) is 0 Å². The molecule has 2 saturated heterocycles. The van der Waals surface area contributed by atoms with Gasteiger partial charge in [-0.15, -0.1) is 36.2 Å². The average Bonchev–Trinajstić information content (AvgIpc) is 3.04. The zero-order valence-corrected chi connectivity index (χ0v) is 17.9. The van der Waals surface area contributed by atoms with Crippen molar-refractivity contribution in [3.8, 4) is 0 Å². The molecule has 1 aromatic heterocycles. The first-order valence-electron chi connectivity index (χ1n) is 8.49. The summed E-state index contributed by atoms with van der Waals surface area (Å²) >= 11 is 3.70. The molecule has 1 atom stereocenters. The lowest BCUT2D eigenvalue weighted by atomic mass is 10.2. The third kappa shape index (κ3) is 6.88. The fourth-order valence-electron chi connectivity index (χ4n) is 3.06. The van der Waals surface area contributed by atoms with E-state index in [-0.39, 0.29) is 24.8 Å². The van der Waals surface area contributed by atoms with Crippen LogP contribution < -0.4 is 5.32 Å². The molecule has 0 bridgehead atoms. The Labute approximate surface area is 171 Å².